The molecule has 3 atom stereocenters. The normalized spacial score (nSPS) is 33.4. The maximum atomic E-state index is 10.2. The molecule has 0 saturated heterocycles. The maximum Gasteiger partial charge on any atom is 0.320 e. The van der Waals surface area contributed by atoms with Crippen molar-refractivity contribution in [1.29, 1.82) is 0 Å². The van der Waals surface area contributed by atoms with E-state index in [1.54, 1.807) is 0 Å². The Labute approximate surface area is 60.2 Å². The van der Waals surface area contributed by atoms with Crippen molar-refractivity contribution in [2.45, 2.75) is 25.8 Å². The van der Waals surface area contributed by atoms with Gasteiger partial charge in [0.2, 0.25) is 0 Å². The second kappa shape index (κ2) is 2.58. The first-order chi connectivity index (χ1) is 4.61. The van der Waals surface area contributed by atoms with Gasteiger partial charge in [0.05, 0.1) is 0 Å². The first kappa shape index (κ1) is 7.54. The summed E-state index contributed by atoms with van der Waals surface area (Å²) in [5, 5.41) is 8.42. The van der Waals surface area contributed by atoms with Gasteiger partial charge in [-0.1, -0.05) is 6.92 Å². The average molecular weight is 143 g/mol. The zero-order valence-electron chi connectivity index (χ0n) is 6.08. The molecule has 0 radical (unpaired) electrons. The molecule has 0 amide bonds. The number of carbonyl (C=O) groups is 1. The van der Waals surface area contributed by atoms with E-state index in [0.717, 1.165) is 6.42 Å². The fraction of sp³-hybridized carbons (Fsp3) is 0.857. The average Bonchev–Trinajstić information content (AvgIpc) is 2.46. The van der Waals surface area contributed by atoms with Gasteiger partial charge in [-0.05, 0) is 24.7 Å². The number of aliphatic carboxylic acids is 1. The molecule has 1 saturated carbocycles. The van der Waals surface area contributed by atoms with Crippen LogP contribution in [-0.4, -0.2) is 17.1 Å². The van der Waals surface area contributed by atoms with E-state index in [1.165, 1.54) is 0 Å². The van der Waals surface area contributed by atoms with Crippen molar-refractivity contribution in [3.8, 4) is 0 Å². The van der Waals surface area contributed by atoms with Gasteiger partial charge in [0, 0.05) is 0 Å². The first-order valence-electron chi connectivity index (χ1n) is 3.59. The van der Waals surface area contributed by atoms with Crippen molar-refractivity contribution >= 4 is 5.97 Å². The summed E-state index contributed by atoms with van der Waals surface area (Å²) in [6.07, 6.45) is 1.80. The lowest BCUT2D eigenvalue weighted by Crippen LogP contribution is -2.30. The molecule has 0 aliphatic heterocycles. The second-order valence-corrected chi connectivity index (χ2v) is 3.15. The summed E-state index contributed by atoms with van der Waals surface area (Å²) in [5.41, 5.74) is 5.32. The van der Waals surface area contributed by atoms with Gasteiger partial charge in [0.15, 0.2) is 0 Å². The first-order valence-corrected chi connectivity index (χ1v) is 3.59. The Morgan fingerprint density at radius 3 is 2.70 bits per heavy atom. The van der Waals surface area contributed by atoms with E-state index in [1.807, 2.05) is 0 Å². The fourth-order valence-electron chi connectivity index (χ4n) is 1.15. The van der Waals surface area contributed by atoms with Crippen LogP contribution >= 0.6 is 0 Å². The van der Waals surface area contributed by atoms with Crippen molar-refractivity contribution in [2.75, 3.05) is 0 Å². The van der Waals surface area contributed by atoms with Crippen LogP contribution in [0.25, 0.3) is 0 Å². The van der Waals surface area contributed by atoms with Crippen LogP contribution < -0.4 is 5.73 Å². The largest absolute Gasteiger partial charge is 0.480 e. The topological polar surface area (TPSA) is 63.3 Å². The van der Waals surface area contributed by atoms with Crippen LogP contribution in [0.5, 0.6) is 0 Å². The smallest absolute Gasteiger partial charge is 0.320 e. The summed E-state index contributed by atoms with van der Waals surface area (Å²) in [6.45, 7) is 2.12. The summed E-state index contributed by atoms with van der Waals surface area (Å²) in [6, 6.07) is -0.644. The van der Waals surface area contributed by atoms with Crippen LogP contribution in [0.2, 0.25) is 0 Å². The second-order valence-electron chi connectivity index (χ2n) is 3.15. The molecule has 10 heavy (non-hydrogen) atoms. The lowest BCUT2D eigenvalue weighted by atomic mass is 10.1. The standard InChI is InChI=1S/C7H13NO2/c1-4-2-5(4)3-6(8)7(9)10/h4-6H,2-3,8H2,1H3,(H,9,10). The van der Waals surface area contributed by atoms with Gasteiger partial charge in [-0.25, -0.2) is 0 Å². The van der Waals surface area contributed by atoms with Gasteiger partial charge in [0.1, 0.15) is 6.04 Å². The van der Waals surface area contributed by atoms with Gasteiger partial charge in [-0.2, -0.15) is 0 Å². The maximum absolute atomic E-state index is 10.2. The molecule has 0 spiro atoms. The molecule has 3 N–H and O–H groups in total. The molecule has 0 aromatic carbocycles. The van der Waals surface area contributed by atoms with Crippen molar-refractivity contribution < 1.29 is 9.90 Å². The molecule has 0 aromatic rings. The predicted octanol–water partition coefficient (Wildman–Crippen LogP) is 0.444. The number of hydrogen-bond acceptors (Lipinski definition) is 2. The lowest BCUT2D eigenvalue weighted by Gasteiger charge is -2.03. The summed E-state index contributed by atoms with van der Waals surface area (Å²) in [4.78, 5) is 10.2. The number of rotatable bonds is 3. The highest BCUT2D eigenvalue weighted by Crippen LogP contribution is 2.40. The molecule has 0 aromatic heterocycles. The zero-order chi connectivity index (χ0) is 7.72. The van der Waals surface area contributed by atoms with Crippen molar-refractivity contribution in [1.82, 2.24) is 0 Å². The van der Waals surface area contributed by atoms with E-state index in [9.17, 15) is 4.79 Å². The highest BCUT2D eigenvalue weighted by Gasteiger charge is 2.35. The van der Waals surface area contributed by atoms with E-state index in [-0.39, 0.29) is 0 Å². The summed E-state index contributed by atoms with van der Waals surface area (Å²) in [5.74, 6) is 0.399. The van der Waals surface area contributed by atoms with Crippen molar-refractivity contribution in [3.05, 3.63) is 0 Å². The van der Waals surface area contributed by atoms with E-state index in [4.69, 9.17) is 10.8 Å². The lowest BCUT2D eigenvalue weighted by molar-refractivity contribution is -0.138. The Balaban J connectivity index is 2.19. The van der Waals surface area contributed by atoms with Gasteiger partial charge in [-0.3, -0.25) is 4.79 Å². The van der Waals surface area contributed by atoms with Gasteiger partial charge in [0.25, 0.3) is 0 Å². The zero-order valence-corrected chi connectivity index (χ0v) is 6.08. The van der Waals surface area contributed by atoms with Crippen LogP contribution in [0.4, 0.5) is 0 Å². The molecular formula is C7H13NO2. The summed E-state index contributed by atoms with van der Waals surface area (Å²) in [7, 11) is 0. The molecule has 3 heteroatoms. The number of hydrogen-bond donors (Lipinski definition) is 2. The van der Waals surface area contributed by atoms with Gasteiger partial charge in [-0.15, -0.1) is 0 Å². The molecule has 0 heterocycles. The molecule has 58 valence electrons. The van der Waals surface area contributed by atoms with Gasteiger partial charge < -0.3 is 10.8 Å². The highest BCUT2D eigenvalue weighted by atomic mass is 16.4. The molecule has 1 aliphatic carbocycles. The van der Waals surface area contributed by atoms with Crippen LogP contribution in [-0.2, 0) is 4.79 Å². The van der Waals surface area contributed by atoms with Crippen molar-refractivity contribution in [3.63, 3.8) is 0 Å². The monoisotopic (exact) mass is 143 g/mol. The summed E-state index contributed by atoms with van der Waals surface area (Å²) >= 11 is 0. The van der Waals surface area contributed by atoms with E-state index < -0.39 is 12.0 Å². The van der Waals surface area contributed by atoms with Gasteiger partial charge >= 0.3 is 5.97 Å². The minimum absolute atomic E-state index is 0.575. The molecule has 1 fully saturated rings. The fourth-order valence-corrected chi connectivity index (χ4v) is 1.15. The molecule has 3 nitrogen and oxygen atoms in total. The van der Waals surface area contributed by atoms with Crippen LogP contribution in [0, 0.1) is 11.8 Å². The van der Waals surface area contributed by atoms with E-state index in [2.05, 4.69) is 6.92 Å². The third-order valence-corrected chi connectivity index (χ3v) is 2.15. The molecule has 1 rings (SSSR count). The van der Waals surface area contributed by atoms with E-state index in [0.29, 0.717) is 18.3 Å². The quantitative estimate of drug-likeness (QED) is 0.602. The van der Waals surface area contributed by atoms with Crippen LogP contribution in [0.3, 0.4) is 0 Å². The van der Waals surface area contributed by atoms with E-state index >= 15 is 0 Å². The Kier molecular flexibility index (Phi) is 1.94. The Bertz CT molecular complexity index is 147. The third-order valence-electron chi connectivity index (χ3n) is 2.15. The number of nitrogens with two attached hydrogens (primary N) is 1. The molecule has 0 bridgehead atoms. The highest BCUT2D eigenvalue weighted by molar-refractivity contribution is 5.73. The Morgan fingerprint density at radius 1 is 1.90 bits per heavy atom. The number of carboxylic acid groups (broad SMARTS) is 1. The molecular weight excluding hydrogens is 130 g/mol. The minimum Gasteiger partial charge on any atom is -0.480 e. The predicted molar refractivity (Wildman–Crippen MR) is 37.5 cm³/mol. The van der Waals surface area contributed by atoms with Crippen LogP contribution in [0.1, 0.15) is 19.8 Å². The molecule has 3 unspecified atom stereocenters. The van der Waals surface area contributed by atoms with Crippen molar-refractivity contribution in [2.24, 2.45) is 17.6 Å². The Hall–Kier alpha value is -0.570. The Morgan fingerprint density at radius 2 is 2.40 bits per heavy atom. The summed E-state index contributed by atoms with van der Waals surface area (Å²) < 4.78 is 0. The molecule has 1 aliphatic rings. The van der Waals surface area contributed by atoms with Crippen LogP contribution in [0.15, 0.2) is 0 Å². The minimum atomic E-state index is -0.876. The number of carboxylic acids is 1. The third kappa shape index (κ3) is 1.70. The SMILES string of the molecule is CC1CC1CC(N)C(=O)O.